The summed E-state index contributed by atoms with van der Waals surface area (Å²) in [5, 5.41) is 0. The molecule has 0 N–H and O–H groups in total. The molecule has 184 valence electrons. The van der Waals surface area contributed by atoms with Gasteiger partial charge in [0, 0.05) is 31.1 Å². The Morgan fingerprint density at radius 2 is 0.939 bits per heavy atom. The topological polar surface area (TPSA) is 36.9 Å². The van der Waals surface area contributed by atoms with Crippen molar-refractivity contribution in [1.82, 2.24) is 0 Å². The Balaban J connectivity index is 2.50. The van der Waals surface area contributed by atoms with E-state index in [9.17, 15) is 0 Å². The quantitative estimate of drug-likeness (QED) is 0.121. The predicted molar refractivity (Wildman–Crippen MR) is 171 cm³/mol. The van der Waals surface area contributed by atoms with E-state index in [-0.39, 0.29) is 7.47 Å². The lowest BCUT2D eigenvalue weighted by Gasteiger charge is -2.30. The number of rotatable bonds is 12. The zero-order valence-corrected chi connectivity index (χ0v) is 33.1. The van der Waals surface area contributed by atoms with Crippen LogP contribution in [0.5, 0.6) is 11.5 Å². The van der Waals surface area contributed by atoms with E-state index in [4.69, 9.17) is 17.7 Å². The summed E-state index contributed by atoms with van der Waals surface area (Å²) in [4.78, 5) is 0. The number of alkyl halides is 4. The summed E-state index contributed by atoms with van der Waals surface area (Å²) in [7, 11) is -3.77. The first-order chi connectivity index (χ1) is 15.5. The number of benzene rings is 2. The maximum atomic E-state index is 6.43. The van der Waals surface area contributed by atoms with Crippen molar-refractivity contribution in [2.75, 3.05) is 13.2 Å². The van der Waals surface area contributed by atoms with Crippen LogP contribution in [0.4, 0.5) is 0 Å². The molecule has 2 aromatic carbocycles. The first-order valence-corrected chi connectivity index (χ1v) is 19.0. The van der Waals surface area contributed by atoms with Gasteiger partial charge >= 0.3 is 9.05 Å². The van der Waals surface area contributed by atoms with E-state index in [1.54, 1.807) is 0 Å². The minimum atomic E-state index is -3.77. The van der Waals surface area contributed by atoms with Crippen molar-refractivity contribution in [1.29, 1.82) is 0 Å². The van der Waals surface area contributed by atoms with Crippen LogP contribution in [-0.2, 0) is 8.85 Å². The second-order valence-electron chi connectivity index (χ2n) is 6.11. The molecular formula is C18H14Br10O4Si. The molecule has 0 spiro atoms. The van der Waals surface area contributed by atoms with Crippen LogP contribution in [-0.4, -0.2) is 29.7 Å². The third-order valence-electron chi connectivity index (χ3n) is 3.70. The van der Waals surface area contributed by atoms with Crippen LogP contribution in [0.25, 0.3) is 0 Å². The molecule has 0 saturated heterocycles. The maximum Gasteiger partial charge on any atom is 0.820 e. The summed E-state index contributed by atoms with van der Waals surface area (Å²) in [5.41, 5.74) is 0. The molecule has 0 heterocycles. The molecule has 0 amide bonds. The van der Waals surface area contributed by atoms with Crippen LogP contribution < -0.4 is 8.85 Å². The first kappa shape index (κ1) is 32.2. The van der Waals surface area contributed by atoms with E-state index in [0.717, 1.165) is 17.9 Å². The van der Waals surface area contributed by atoms with Gasteiger partial charge < -0.3 is 17.7 Å². The van der Waals surface area contributed by atoms with Gasteiger partial charge in [-0.2, -0.15) is 0 Å². The molecule has 2 rings (SSSR count). The van der Waals surface area contributed by atoms with Crippen molar-refractivity contribution in [3.8, 4) is 11.5 Å². The highest BCUT2D eigenvalue weighted by Gasteiger charge is 2.52. The van der Waals surface area contributed by atoms with Crippen molar-refractivity contribution in [3.05, 3.63) is 51.1 Å². The molecule has 0 unspecified atom stereocenters. The van der Waals surface area contributed by atoms with Gasteiger partial charge in [-0.25, -0.2) is 0 Å². The van der Waals surface area contributed by atoms with E-state index in [2.05, 4.69) is 159 Å². The fourth-order valence-corrected chi connectivity index (χ4v) is 7.89. The van der Waals surface area contributed by atoms with Crippen LogP contribution >= 0.6 is 159 Å². The second-order valence-corrected chi connectivity index (χ2v) is 19.9. The highest BCUT2D eigenvalue weighted by Crippen LogP contribution is 2.42. The summed E-state index contributed by atoms with van der Waals surface area (Å²) in [6.45, 7) is 0.675. The Kier molecular flexibility index (Phi) is 15.2. The van der Waals surface area contributed by atoms with Crippen LogP contribution in [0.3, 0.4) is 0 Å². The summed E-state index contributed by atoms with van der Waals surface area (Å²) in [6, 6.07) is 7.38. The van der Waals surface area contributed by atoms with E-state index in [0.29, 0.717) is 46.5 Å². The predicted octanol–water partition coefficient (Wildman–Crippen LogP) is 11.2. The van der Waals surface area contributed by atoms with Crippen molar-refractivity contribution >= 4 is 168 Å². The molecule has 15 heteroatoms. The summed E-state index contributed by atoms with van der Waals surface area (Å²) < 4.78 is 30.3. The molecule has 0 atom stereocenters. The molecule has 0 bridgehead atoms. The van der Waals surface area contributed by atoms with E-state index >= 15 is 0 Å². The number of hydrogen-bond acceptors (Lipinski definition) is 4. The fraction of sp³-hybridized carbons (Fsp3) is 0.333. The maximum absolute atomic E-state index is 6.43. The van der Waals surface area contributed by atoms with Gasteiger partial charge in [-0.1, -0.05) is 63.7 Å². The van der Waals surface area contributed by atoms with Crippen LogP contribution in [0, 0.1) is 0 Å². The smallest absolute Gasteiger partial charge is 0.470 e. The molecule has 0 aliphatic heterocycles. The van der Waals surface area contributed by atoms with Gasteiger partial charge in [-0.15, -0.1) is 0 Å². The van der Waals surface area contributed by atoms with Gasteiger partial charge in [0.25, 0.3) is 0 Å². The second kappa shape index (κ2) is 15.5. The van der Waals surface area contributed by atoms with Gasteiger partial charge in [-0.3, -0.25) is 0 Å². The molecular weight excluding hydrogens is 1110 g/mol. The molecule has 0 saturated carbocycles. The van der Waals surface area contributed by atoms with Gasteiger partial charge in [0.2, 0.25) is 0 Å². The molecule has 0 fully saturated rings. The number of halogens is 10. The van der Waals surface area contributed by atoms with Gasteiger partial charge in [0.15, 0.2) is 0 Å². The zero-order valence-electron chi connectivity index (χ0n) is 16.2. The molecule has 4 nitrogen and oxygen atoms in total. The van der Waals surface area contributed by atoms with Crippen LogP contribution in [0.1, 0.15) is 12.8 Å². The Morgan fingerprint density at radius 3 is 1.27 bits per heavy atom. The molecule has 2 aromatic rings. The third kappa shape index (κ3) is 10.2. The summed E-state index contributed by atoms with van der Waals surface area (Å²) in [5.74, 6) is 1.04. The Morgan fingerprint density at radius 1 is 0.576 bits per heavy atom. The average Bonchev–Trinajstić information content (AvgIpc) is 2.74. The Bertz CT molecular complexity index is 871. The zero-order chi connectivity index (χ0) is 24.8. The van der Waals surface area contributed by atoms with E-state index in [1.807, 2.05) is 24.3 Å². The summed E-state index contributed by atoms with van der Waals surface area (Å²) >= 11 is 35.2. The van der Waals surface area contributed by atoms with E-state index < -0.39 is 9.05 Å². The standard InChI is InChI=1S/C18H14Br10O4Si/c19-9-1-3-11(17(27)15(9)25)31-33(29-7-5-13(21)22,30-8-6-14(23)24)32-12-4-2-10(20)16(26)18(12)28/h1-4,13-14H,5-8H2. The van der Waals surface area contributed by atoms with Crippen molar-refractivity contribution < 1.29 is 17.7 Å². The Hall–Kier alpha value is 2.98. The average molecular weight is 1120 g/mol. The lowest BCUT2D eigenvalue weighted by Crippen LogP contribution is -2.55. The van der Waals surface area contributed by atoms with Gasteiger partial charge in [0.05, 0.1) is 16.4 Å². The first-order valence-electron chi connectivity index (χ1n) is 8.95. The van der Waals surface area contributed by atoms with Crippen molar-refractivity contribution in [3.63, 3.8) is 0 Å². The monoisotopic (exact) mass is 1110 g/mol. The van der Waals surface area contributed by atoms with Gasteiger partial charge in [-0.05, 0) is 133 Å². The number of hydrogen-bond donors (Lipinski definition) is 0. The largest absolute Gasteiger partial charge is 0.820 e. The van der Waals surface area contributed by atoms with Crippen LogP contribution in [0.2, 0.25) is 0 Å². The lowest BCUT2D eigenvalue weighted by molar-refractivity contribution is 0.0407. The normalized spacial score (nSPS) is 12.0. The Labute approximate surface area is 278 Å². The highest BCUT2D eigenvalue weighted by molar-refractivity contribution is 9.25. The minimum absolute atomic E-state index is 0.0771. The van der Waals surface area contributed by atoms with Gasteiger partial charge in [0.1, 0.15) is 11.5 Å². The molecule has 0 aliphatic carbocycles. The van der Waals surface area contributed by atoms with E-state index in [1.165, 1.54) is 0 Å². The van der Waals surface area contributed by atoms with Crippen molar-refractivity contribution in [2.45, 2.75) is 20.3 Å². The molecule has 0 aromatic heterocycles. The lowest BCUT2D eigenvalue weighted by atomic mass is 10.3. The minimum Gasteiger partial charge on any atom is -0.470 e. The SMILES string of the molecule is Brc1ccc(O[Si](OCCC(Br)Br)(OCCC(Br)Br)Oc2ccc(Br)c(Br)c2Br)c(Br)c1Br. The highest BCUT2D eigenvalue weighted by atomic mass is 79.9. The van der Waals surface area contributed by atoms with Crippen molar-refractivity contribution in [2.24, 2.45) is 0 Å². The van der Waals surface area contributed by atoms with Crippen LogP contribution in [0.15, 0.2) is 51.1 Å². The third-order valence-corrected chi connectivity index (χ3v) is 14.3. The fourth-order valence-electron chi connectivity index (χ4n) is 2.17. The molecule has 33 heavy (non-hydrogen) atoms. The summed E-state index contributed by atoms with van der Waals surface area (Å²) in [6.07, 6.45) is 1.33. The molecule has 0 radical (unpaired) electrons. The molecule has 0 aliphatic rings.